The fourth-order valence-corrected chi connectivity index (χ4v) is 3.92. The van der Waals surface area contributed by atoms with Gasteiger partial charge in [-0.1, -0.05) is 66.3 Å². The number of piperazine rings is 1. The Balaban J connectivity index is 1.36. The van der Waals surface area contributed by atoms with Crippen LogP contribution in [0.15, 0.2) is 72.8 Å². The van der Waals surface area contributed by atoms with Gasteiger partial charge in [0.15, 0.2) is 0 Å². The van der Waals surface area contributed by atoms with Crippen LogP contribution in [0.1, 0.15) is 16.7 Å². The van der Waals surface area contributed by atoms with Crippen molar-refractivity contribution in [1.82, 2.24) is 4.90 Å². The van der Waals surface area contributed by atoms with Crippen LogP contribution in [0.4, 0.5) is 10.1 Å². The quantitative estimate of drug-likeness (QED) is 0.526. The Hall–Kier alpha value is -2.92. The Labute approximate surface area is 182 Å². The summed E-state index contributed by atoms with van der Waals surface area (Å²) in [6.07, 6.45) is 0. The Morgan fingerprint density at radius 1 is 0.933 bits per heavy atom. The number of thiocarbonyl (C=S) groups is 1. The monoisotopic (exact) mass is 420 g/mol. The van der Waals surface area contributed by atoms with Crippen LogP contribution in [-0.4, -0.2) is 36.1 Å². The molecule has 1 heterocycles. The highest BCUT2D eigenvalue weighted by Crippen LogP contribution is 2.22. The van der Waals surface area contributed by atoms with Gasteiger partial charge in [0, 0.05) is 31.7 Å². The molecular weight excluding hydrogens is 395 g/mol. The lowest BCUT2D eigenvalue weighted by atomic mass is 10.1. The predicted octanol–water partition coefficient (Wildman–Crippen LogP) is 5.21. The number of hydrogen-bond acceptors (Lipinski definition) is 3. The van der Waals surface area contributed by atoms with E-state index in [1.165, 1.54) is 11.6 Å². The van der Waals surface area contributed by atoms with Crippen LogP contribution >= 0.6 is 12.2 Å². The average Bonchev–Trinajstić information content (AvgIpc) is 2.79. The van der Waals surface area contributed by atoms with Crippen LogP contribution in [0.2, 0.25) is 0 Å². The van der Waals surface area contributed by atoms with Gasteiger partial charge in [-0.05, 0) is 36.8 Å². The minimum absolute atomic E-state index is 0.174. The zero-order valence-corrected chi connectivity index (χ0v) is 17.9. The number of benzene rings is 3. The summed E-state index contributed by atoms with van der Waals surface area (Å²) in [5.41, 5.74) is 4.01. The number of rotatable bonds is 5. The minimum atomic E-state index is -0.174. The molecule has 4 rings (SSSR count). The van der Waals surface area contributed by atoms with Gasteiger partial charge in [-0.3, -0.25) is 0 Å². The van der Waals surface area contributed by atoms with Crippen LogP contribution in [0.5, 0.6) is 5.75 Å². The van der Waals surface area contributed by atoms with Crippen molar-refractivity contribution in [3.05, 3.63) is 95.3 Å². The van der Waals surface area contributed by atoms with Crippen LogP contribution in [-0.2, 0) is 6.61 Å². The van der Waals surface area contributed by atoms with Crippen molar-refractivity contribution in [2.24, 2.45) is 0 Å². The lowest BCUT2D eigenvalue weighted by Gasteiger charge is -2.37. The summed E-state index contributed by atoms with van der Waals surface area (Å²) in [6.45, 7) is 5.61. The third kappa shape index (κ3) is 4.79. The molecule has 1 saturated heterocycles. The molecule has 3 aromatic carbocycles. The van der Waals surface area contributed by atoms with Crippen molar-refractivity contribution in [3.63, 3.8) is 0 Å². The van der Waals surface area contributed by atoms with Crippen molar-refractivity contribution < 1.29 is 9.13 Å². The highest BCUT2D eigenvalue weighted by molar-refractivity contribution is 7.80. The van der Waals surface area contributed by atoms with Gasteiger partial charge in [-0.15, -0.1) is 0 Å². The van der Waals surface area contributed by atoms with E-state index in [2.05, 4.69) is 41.0 Å². The molecule has 3 nitrogen and oxygen atoms in total. The molecule has 0 aromatic heterocycles. The lowest BCUT2D eigenvalue weighted by Crippen LogP contribution is -2.48. The highest BCUT2D eigenvalue weighted by Gasteiger charge is 2.21. The topological polar surface area (TPSA) is 15.7 Å². The smallest absolute Gasteiger partial charge is 0.146 e. The first-order valence-electron chi connectivity index (χ1n) is 10.2. The Morgan fingerprint density at radius 2 is 1.67 bits per heavy atom. The standard InChI is InChI=1S/C25H25FN2OS/c1-19-9-11-20(12-10-19)18-29-22-6-4-5-21(17-22)25(30)28-15-13-27(14-16-28)24-8-3-2-7-23(24)26/h2-12,17H,13-16,18H2,1H3. The predicted molar refractivity (Wildman–Crippen MR) is 124 cm³/mol. The summed E-state index contributed by atoms with van der Waals surface area (Å²) >= 11 is 5.75. The van der Waals surface area contributed by atoms with Crippen LogP contribution in [0, 0.1) is 12.7 Å². The molecule has 1 aliphatic rings. The third-order valence-corrected chi connectivity index (χ3v) is 5.86. The highest BCUT2D eigenvalue weighted by atomic mass is 32.1. The molecule has 0 atom stereocenters. The molecule has 3 aromatic rings. The maximum absolute atomic E-state index is 14.1. The van der Waals surface area contributed by atoms with Gasteiger partial charge in [0.25, 0.3) is 0 Å². The maximum Gasteiger partial charge on any atom is 0.146 e. The van der Waals surface area contributed by atoms with E-state index in [0.717, 1.165) is 48.0 Å². The molecule has 0 bridgehead atoms. The Kier molecular flexibility index (Phi) is 6.29. The van der Waals surface area contributed by atoms with Crippen LogP contribution in [0.3, 0.4) is 0 Å². The first-order chi connectivity index (χ1) is 14.6. The van der Waals surface area contributed by atoms with E-state index in [1.54, 1.807) is 6.07 Å². The number of anilines is 1. The molecule has 1 aliphatic heterocycles. The van der Waals surface area contributed by atoms with Crippen molar-refractivity contribution in [1.29, 1.82) is 0 Å². The van der Waals surface area contributed by atoms with Gasteiger partial charge in [0.05, 0.1) is 5.69 Å². The molecule has 0 N–H and O–H groups in total. The zero-order chi connectivity index (χ0) is 20.9. The molecule has 0 amide bonds. The summed E-state index contributed by atoms with van der Waals surface area (Å²) < 4.78 is 20.0. The summed E-state index contributed by atoms with van der Waals surface area (Å²) in [4.78, 5) is 5.07. The Bertz CT molecular complexity index is 1010. The van der Waals surface area contributed by atoms with Crippen LogP contribution < -0.4 is 9.64 Å². The normalized spacial score (nSPS) is 13.9. The summed E-state index contributed by atoms with van der Waals surface area (Å²) in [5.74, 6) is 0.632. The van der Waals surface area contributed by atoms with Gasteiger partial charge in [0.2, 0.25) is 0 Å². The van der Waals surface area contributed by atoms with Crippen LogP contribution in [0.25, 0.3) is 0 Å². The number of halogens is 1. The largest absolute Gasteiger partial charge is 0.489 e. The summed E-state index contributed by atoms with van der Waals surface area (Å²) in [7, 11) is 0. The molecule has 30 heavy (non-hydrogen) atoms. The Morgan fingerprint density at radius 3 is 2.40 bits per heavy atom. The summed E-state index contributed by atoms with van der Waals surface area (Å²) in [6, 6.07) is 23.2. The van der Waals surface area contributed by atoms with E-state index in [0.29, 0.717) is 12.3 Å². The van der Waals surface area contributed by atoms with Crippen molar-refractivity contribution >= 4 is 22.9 Å². The molecule has 0 saturated carbocycles. The first-order valence-corrected chi connectivity index (χ1v) is 10.6. The van der Waals surface area contributed by atoms with Gasteiger partial charge >= 0.3 is 0 Å². The second-order valence-corrected chi connectivity index (χ2v) is 7.92. The minimum Gasteiger partial charge on any atom is -0.489 e. The van der Waals surface area contributed by atoms with Crippen molar-refractivity contribution in [2.45, 2.75) is 13.5 Å². The molecule has 0 radical (unpaired) electrons. The van der Waals surface area contributed by atoms with Crippen molar-refractivity contribution in [3.8, 4) is 5.75 Å². The van der Waals surface area contributed by atoms with Gasteiger partial charge in [-0.2, -0.15) is 0 Å². The fraction of sp³-hybridized carbons (Fsp3) is 0.240. The van der Waals surface area contributed by atoms with E-state index in [1.807, 2.05) is 36.4 Å². The van der Waals surface area contributed by atoms with Gasteiger partial charge in [0.1, 0.15) is 23.2 Å². The van der Waals surface area contributed by atoms with E-state index >= 15 is 0 Å². The molecule has 154 valence electrons. The first kappa shape index (κ1) is 20.4. The fourth-order valence-electron chi connectivity index (χ4n) is 3.61. The summed E-state index contributed by atoms with van der Waals surface area (Å²) in [5, 5.41) is 0. The third-order valence-electron chi connectivity index (χ3n) is 5.37. The number of nitrogens with zero attached hydrogens (tertiary/aromatic N) is 2. The maximum atomic E-state index is 14.1. The second-order valence-electron chi connectivity index (χ2n) is 7.53. The van der Waals surface area contributed by atoms with E-state index in [4.69, 9.17) is 17.0 Å². The SMILES string of the molecule is Cc1ccc(COc2cccc(C(=S)N3CCN(c4ccccc4F)CC3)c2)cc1. The average molecular weight is 421 g/mol. The molecule has 0 spiro atoms. The molecule has 1 fully saturated rings. The van der Waals surface area contributed by atoms with E-state index < -0.39 is 0 Å². The van der Waals surface area contributed by atoms with E-state index in [9.17, 15) is 4.39 Å². The zero-order valence-electron chi connectivity index (χ0n) is 17.1. The van der Waals surface area contributed by atoms with Crippen molar-refractivity contribution in [2.75, 3.05) is 31.1 Å². The molecule has 5 heteroatoms. The van der Waals surface area contributed by atoms with Gasteiger partial charge in [-0.25, -0.2) is 4.39 Å². The molecular formula is C25H25FN2OS. The number of ether oxygens (including phenoxy) is 1. The lowest BCUT2D eigenvalue weighted by molar-refractivity contribution is 0.306. The molecule has 0 aliphatic carbocycles. The molecule has 0 unspecified atom stereocenters. The van der Waals surface area contributed by atoms with E-state index in [-0.39, 0.29) is 5.82 Å². The second kappa shape index (κ2) is 9.26. The number of hydrogen-bond donors (Lipinski definition) is 0. The number of para-hydroxylation sites is 1. The van der Waals surface area contributed by atoms with Gasteiger partial charge < -0.3 is 14.5 Å². The number of aryl methyl sites for hydroxylation is 1.